The van der Waals surface area contributed by atoms with Crippen LogP contribution < -0.4 is 0 Å². The maximum atomic E-state index is 10.8. The van der Waals surface area contributed by atoms with Gasteiger partial charge in [0, 0.05) is 31.4 Å². The molecule has 7 rings (SSSR count). The minimum Gasteiger partial charge on any atom is -0.386 e. The van der Waals surface area contributed by atoms with E-state index < -0.39 is 5.60 Å². The zero-order chi connectivity index (χ0) is 23.2. The maximum Gasteiger partial charge on any atom is 0.0846 e. The molecule has 0 aliphatic rings. The number of aromatic nitrogens is 1. The number of rotatable bonds is 2. The van der Waals surface area contributed by atoms with Crippen molar-refractivity contribution >= 4 is 64.8 Å². The monoisotopic (exact) mass is 503 g/mol. The van der Waals surface area contributed by atoms with Crippen LogP contribution >= 0.6 is 15.9 Å². The molecule has 0 aliphatic heterocycles. The van der Waals surface area contributed by atoms with Crippen LogP contribution in [0.5, 0.6) is 0 Å². The molecule has 2 nitrogen and oxygen atoms in total. The fraction of sp³-hybridized carbons (Fsp3) is 0.0968. The smallest absolute Gasteiger partial charge is 0.0846 e. The molecule has 1 N–H and O–H groups in total. The number of para-hydroxylation sites is 2. The summed E-state index contributed by atoms with van der Waals surface area (Å²) in [6.07, 6.45) is 0. The summed E-state index contributed by atoms with van der Waals surface area (Å²) >= 11 is 3.57. The van der Waals surface area contributed by atoms with Crippen LogP contribution in [0.2, 0.25) is 0 Å². The lowest BCUT2D eigenvalue weighted by Crippen LogP contribution is -2.16. The Bertz CT molecular complexity index is 1910. The highest BCUT2D eigenvalue weighted by Gasteiger charge is 2.22. The third kappa shape index (κ3) is 2.65. The molecule has 0 radical (unpaired) electrons. The fourth-order valence-corrected chi connectivity index (χ4v) is 6.04. The molecule has 2 heterocycles. The Hall–Kier alpha value is -3.40. The van der Waals surface area contributed by atoms with E-state index in [2.05, 4.69) is 99.2 Å². The second-order valence-corrected chi connectivity index (χ2v) is 10.6. The molecule has 0 spiro atoms. The second kappa shape index (κ2) is 6.82. The lowest BCUT2D eigenvalue weighted by atomic mass is 9.89. The highest BCUT2D eigenvalue weighted by molar-refractivity contribution is 9.10. The molecule has 0 saturated heterocycles. The van der Waals surface area contributed by atoms with Gasteiger partial charge in [0.2, 0.25) is 0 Å². The third-order valence-electron chi connectivity index (χ3n) is 7.15. The number of fused-ring (bicyclic) bond motifs is 8. The molecule has 7 aromatic rings. The second-order valence-electron chi connectivity index (χ2n) is 9.70. The van der Waals surface area contributed by atoms with Crippen LogP contribution in [-0.4, -0.2) is 9.51 Å². The SMILES string of the molecule is CC(C)(O)c1cc(Br)ccc1-c1ccc2c(ccc3c4cccc5c6ccccc6n(c23)c54)c1. The number of aliphatic hydroxyl groups is 1. The molecule has 0 saturated carbocycles. The van der Waals surface area contributed by atoms with Crippen molar-refractivity contribution < 1.29 is 5.11 Å². The van der Waals surface area contributed by atoms with E-state index in [-0.39, 0.29) is 0 Å². The molecule has 0 amide bonds. The van der Waals surface area contributed by atoms with Crippen molar-refractivity contribution in [1.82, 2.24) is 4.40 Å². The molecular weight excluding hydrogens is 482 g/mol. The van der Waals surface area contributed by atoms with Gasteiger partial charge in [0.25, 0.3) is 0 Å². The van der Waals surface area contributed by atoms with E-state index in [1.807, 2.05) is 26.0 Å². The Morgan fingerprint density at radius 2 is 1.35 bits per heavy atom. The van der Waals surface area contributed by atoms with Gasteiger partial charge >= 0.3 is 0 Å². The largest absolute Gasteiger partial charge is 0.386 e. The van der Waals surface area contributed by atoms with Crippen molar-refractivity contribution in [3.63, 3.8) is 0 Å². The molecule has 3 heteroatoms. The van der Waals surface area contributed by atoms with Crippen molar-refractivity contribution in [1.29, 1.82) is 0 Å². The van der Waals surface area contributed by atoms with Gasteiger partial charge in [-0.2, -0.15) is 0 Å². The zero-order valence-electron chi connectivity index (χ0n) is 18.9. The molecule has 164 valence electrons. The number of halogens is 1. The Kier molecular flexibility index (Phi) is 4.01. The highest BCUT2D eigenvalue weighted by Crippen LogP contribution is 2.42. The molecule has 2 aromatic heterocycles. The maximum absolute atomic E-state index is 10.8. The van der Waals surface area contributed by atoms with Gasteiger partial charge in [-0.25, -0.2) is 0 Å². The van der Waals surface area contributed by atoms with Crippen LogP contribution in [-0.2, 0) is 5.60 Å². The van der Waals surface area contributed by atoms with Crippen LogP contribution in [0, 0.1) is 0 Å². The molecule has 0 unspecified atom stereocenters. The van der Waals surface area contributed by atoms with Crippen LogP contribution in [0.1, 0.15) is 19.4 Å². The van der Waals surface area contributed by atoms with Crippen LogP contribution in [0.15, 0.2) is 95.5 Å². The first-order valence-corrected chi connectivity index (χ1v) is 12.3. The Morgan fingerprint density at radius 1 is 0.676 bits per heavy atom. The Labute approximate surface area is 205 Å². The quantitative estimate of drug-likeness (QED) is 0.250. The van der Waals surface area contributed by atoms with E-state index in [0.717, 1.165) is 21.2 Å². The van der Waals surface area contributed by atoms with Crippen LogP contribution in [0.3, 0.4) is 0 Å². The van der Waals surface area contributed by atoms with Crippen molar-refractivity contribution in [3.8, 4) is 11.1 Å². The van der Waals surface area contributed by atoms with Gasteiger partial charge in [-0.05, 0) is 60.2 Å². The average molecular weight is 504 g/mol. The van der Waals surface area contributed by atoms with Crippen LogP contribution in [0.25, 0.3) is 60.0 Å². The minimum atomic E-state index is -0.941. The van der Waals surface area contributed by atoms with E-state index in [9.17, 15) is 5.11 Å². The van der Waals surface area contributed by atoms with Crippen molar-refractivity contribution in [2.45, 2.75) is 19.4 Å². The summed E-state index contributed by atoms with van der Waals surface area (Å²) in [6, 6.07) is 32.6. The number of nitrogens with zero attached hydrogens (tertiary/aromatic N) is 1. The van der Waals surface area contributed by atoms with Gasteiger partial charge in [0.15, 0.2) is 0 Å². The number of hydrogen-bond donors (Lipinski definition) is 1. The Balaban J connectivity index is 1.58. The van der Waals surface area contributed by atoms with Gasteiger partial charge in [0.1, 0.15) is 0 Å². The lowest BCUT2D eigenvalue weighted by molar-refractivity contribution is 0.0791. The predicted molar refractivity (Wildman–Crippen MR) is 147 cm³/mol. The fourth-order valence-electron chi connectivity index (χ4n) is 5.68. The van der Waals surface area contributed by atoms with E-state index >= 15 is 0 Å². The Morgan fingerprint density at radius 3 is 2.18 bits per heavy atom. The lowest BCUT2D eigenvalue weighted by Gasteiger charge is -2.22. The summed E-state index contributed by atoms with van der Waals surface area (Å²) in [5, 5.41) is 18.4. The van der Waals surface area contributed by atoms with Gasteiger partial charge < -0.3 is 9.51 Å². The molecule has 34 heavy (non-hydrogen) atoms. The van der Waals surface area contributed by atoms with E-state index in [0.29, 0.717) is 0 Å². The van der Waals surface area contributed by atoms with Crippen molar-refractivity contribution in [2.24, 2.45) is 0 Å². The van der Waals surface area contributed by atoms with Crippen molar-refractivity contribution in [2.75, 3.05) is 0 Å². The first-order valence-electron chi connectivity index (χ1n) is 11.5. The zero-order valence-corrected chi connectivity index (χ0v) is 20.5. The number of hydrogen-bond acceptors (Lipinski definition) is 1. The molecular formula is C31H22BrNO. The van der Waals surface area contributed by atoms with Crippen molar-refractivity contribution in [3.05, 3.63) is 101 Å². The summed E-state index contributed by atoms with van der Waals surface area (Å²) in [5.41, 5.74) is 5.93. The molecule has 0 bridgehead atoms. The standard InChI is InChI=1S/C31H22BrNO/c1-31(2,34)27-17-20(32)12-15-21(27)18-10-13-22-19(16-18)11-14-26-25-8-5-7-24-23-6-3-4-9-28(23)33(29(22)26)30(24)25/h3-17,34H,1-2H3. The molecule has 0 atom stereocenters. The van der Waals surface area contributed by atoms with E-state index in [4.69, 9.17) is 0 Å². The first kappa shape index (κ1) is 20.0. The summed E-state index contributed by atoms with van der Waals surface area (Å²) < 4.78 is 3.41. The van der Waals surface area contributed by atoms with Crippen LogP contribution in [0.4, 0.5) is 0 Å². The normalized spacial score (nSPS) is 12.7. The first-order chi connectivity index (χ1) is 16.4. The van der Waals surface area contributed by atoms with E-state index in [1.54, 1.807) is 0 Å². The van der Waals surface area contributed by atoms with E-state index in [1.165, 1.54) is 48.9 Å². The minimum absolute atomic E-state index is 0.910. The van der Waals surface area contributed by atoms with Gasteiger partial charge in [-0.1, -0.05) is 82.7 Å². The molecule has 0 fully saturated rings. The highest BCUT2D eigenvalue weighted by atomic mass is 79.9. The molecule has 0 aliphatic carbocycles. The van der Waals surface area contributed by atoms with Gasteiger partial charge in [-0.3, -0.25) is 0 Å². The number of benzene rings is 5. The predicted octanol–water partition coefficient (Wildman–Crippen LogP) is 8.65. The van der Waals surface area contributed by atoms with Gasteiger partial charge in [0.05, 0.1) is 22.2 Å². The topological polar surface area (TPSA) is 24.6 Å². The summed E-state index contributed by atoms with van der Waals surface area (Å²) in [6.45, 7) is 3.68. The summed E-state index contributed by atoms with van der Waals surface area (Å²) in [4.78, 5) is 0. The molecule has 5 aromatic carbocycles. The van der Waals surface area contributed by atoms with Gasteiger partial charge in [-0.15, -0.1) is 0 Å². The summed E-state index contributed by atoms with van der Waals surface area (Å²) in [7, 11) is 0. The average Bonchev–Trinajstić information content (AvgIpc) is 3.35. The summed E-state index contributed by atoms with van der Waals surface area (Å²) in [5.74, 6) is 0. The third-order valence-corrected chi connectivity index (χ3v) is 7.64.